The number of carbonyl (C=O) groups is 5. The first-order valence-electron chi connectivity index (χ1n) is 17.8. The van der Waals surface area contributed by atoms with Crippen molar-refractivity contribution in [3.8, 4) is 0 Å². The number of carboxylic acids is 2. The Kier molecular flexibility index (Phi) is 26.4. The monoisotopic (exact) mass is 743 g/mol. The van der Waals surface area contributed by atoms with Crippen molar-refractivity contribution in [2.24, 2.45) is 5.73 Å². The molecule has 0 radical (unpaired) electrons. The molecule has 298 valence electrons. The predicted octanol–water partition coefficient (Wildman–Crippen LogP) is -2.92. The van der Waals surface area contributed by atoms with Crippen molar-refractivity contribution >= 4 is 41.4 Å². The fraction of sp³-hybridized carbons (Fsp3) is 0.727. The van der Waals surface area contributed by atoms with E-state index in [4.69, 9.17) is 10.8 Å². The lowest BCUT2D eigenvalue weighted by Gasteiger charge is -2.33. The molecule has 9 N–H and O–H groups in total. The number of nitrogens with one attached hydrogen (secondary N) is 4. The Labute approximate surface area is 305 Å². The Morgan fingerprint density at radius 2 is 1.17 bits per heavy atom. The largest absolute Gasteiger partial charge is 0.480 e. The SMILES string of the molecule is CC.CCCCCNc1c(NCCNC(=O)C(CN)NC(=O)CN2CCN(CC=O)CCN(CC(=O)O)CCN(CC(=O)O)CC2)c(=O)c1=O.CO. The number of aliphatic hydroxyl groups is 1. The van der Waals surface area contributed by atoms with Crippen molar-refractivity contribution in [3.63, 3.8) is 0 Å². The van der Waals surface area contributed by atoms with Gasteiger partial charge in [0.25, 0.3) is 10.9 Å². The van der Waals surface area contributed by atoms with Crippen LogP contribution >= 0.6 is 0 Å². The summed E-state index contributed by atoms with van der Waals surface area (Å²) in [5, 5.41) is 36.8. The van der Waals surface area contributed by atoms with Crippen molar-refractivity contribution < 1.29 is 39.3 Å². The van der Waals surface area contributed by atoms with Crippen molar-refractivity contribution in [1.82, 2.24) is 30.2 Å². The minimum atomic E-state index is -1.04. The average Bonchev–Trinajstić information content (AvgIpc) is 3.13. The van der Waals surface area contributed by atoms with Gasteiger partial charge in [0.05, 0.1) is 26.2 Å². The Hall–Kier alpha value is -4.01. The standard InChI is InChI=1S/C30H51N9O9.C2H6.CH4O/c1-2-3-4-5-32-26-27(29(47)28(26)46)33-6-7-34-30(48)22(18-31)35-23(41)19-37-10-8-36(16-17-40)9-11-38(20-24(42)43)14-15-39(13-12-37)21-25(44)45;2*1-2/h17,22,32-33H,2-16,18-21,31H2,1H3,(H,34,48)(H,35,41)(H,42,43)(H,44,45);1-2H3;2H,1H3. The molecule has 1 unspecified atom stereocenters. The van der Waals surface area contributed by atoms with Crippen LogP contribution in [0.4, 0.5) is 11.4 Å². The van der Waals surface area contributed by atoms with Crippen LogP contribution in [0.5, 0.6) is 0 Å². The highest BCUT2D eigenvalue weighted by molar-refractivity contribution is 5.88. The third-order valence-electron chi connectivity index (χ3n) is 7.95. The van der Waals surface area contributed by atoms with Gasteiger partial charge in [-0.3, -0.25) is 48.4 Å². The number of nitrogens with two attached hydrogens (primary N) is 1. The summed E-state index contributed by atoms with van der Waals surface area (Å²) in [6, 6.07) is -1.04. The van der Waals surface area contributed by atoms with Crippen LogP contribution < -0.4 is 37.9 Å². The highest BCUT2D eigenvalue weighted by Crippen LogP contribution is 2.14. The van der Waals surface area contributed by atoms with Crippen LogP contribution in [0.2, 0.25) is 0 Å². The molecule has 0 saturated carbocycles. The number of aldehydes is 1. The Morgan fingerprint density at radius 1 is 0.731 bits per heavy atom. The Balaban J connectivity index is 0.00000627. The molecule has 2 amide bonds. The summed E-state index contributed by atoms with van der Waals surface area (Å²) < 4.78 is 0. The molecular weight excluding hydrogens is 682 g/mol. The summed E-state index contributed by atoms with van der Waals surface area (Å²) >= 11 is 0. The van der Waals surface area contributed by atoms with Crippen molar-refractivity contribution in [3.05, 3.63) is 20.4 Å². The van der Waals surface area contributed by atoms with Crippen LogP contribution in [0.15, 0.2) is 9.59 Å². The fourth-order valence-corrected chi connectivity index (χ4v) is 5.21. The minimum absolute atomic E-state index is 0.0985. The summed E-state index contributed by atoms with van der Waals surface area (Å²) in [4.78, 5) is 90.9. The Bertz CT molecular complexity index is 1280. The third kappa shape index (κ3) is 19.0. The van der Waals surface area contributed by atoms with Gasteiger partial charge in [0.1, 0.15) is 23.7 Å². The Morgan fingerprint density at radius 3 is 1.60 bits per heavy atom. The van der Waals surface area contributed by atoms with Gasteiger partial charge < -0.3 is 47.1 Å². The van der Waals surface area contributed by atoms with Crippen LogP contribution in [-0.2, 0) is 24.0 Å². The molecule has 1 saturated heterocycles. The van der Waals surface area contributed by atoms with E-state index in [-0.39, 0.29) is 70.3 Å². The molecule has 52 heavy (non-hydrogen) atoms. The number of anilines is 2. The van der Waals surface area contributed by atoms with E-state index >= 15 is 0 Å². The predicted molar refractivity (Wildman–Crippen MR) is 198 cm³/mol. The maximum atomic E-state index is 13.0. The van der Waals surface area contributed by atoms with Crippen LogP contribution in [0.3, 0.4) is 0 Å². The smallest absolute Gasteiger partial charge is 0.317 e. The highest BCUT2D eigenvalue weighted by Gasteiger charge is 2.24. The van der Waals surface area contributed by atoms with E-state index in [1.165, 1.54) is 0 Å². The van der Waals surface area contributed by atoms with Gasteiger partial charge in [0.15, 0.2) is 0 Å². The third-order valence-corrected chi connectivity index (χ3v) is 7.95. The number of carbonyl (C=O) groups excluding carboxylic acids is 3. The van der Waals surface area contributed by atoms with Gasteiger partial charge in [-0.15, -0.1) is 0 Å². The molecule has 2 rings (SSSR count). The van der Waals surface area contributed by atoms with Gasteiger partial charge in [-0.1, -0.05) is 33.6 Å². The summed E-state index contributed by atoms with van der Waals surface area (Å²) in [6.07, 6.45) is 3.64. The molecule has 1 aliphatic rings. The number of hydrogen-bond acceptors (Lipinski definition) is 15. The lowest BCUT2D eigenvalue weighted by molar-refractivity contribution is -0.140. The molecule has 1 aromatic rings. The number of hydrogen-bond donors (Lipinski definition) is 8. The zero-order chi connectivity index (χ0) is 39.5. The van der Waals surface area contributed by atoms with E-state index in [1.807, 2.05) is 18.7 Å². The molecule has 19 heteroatoms. The second kappa shape index (κ2) is 28.6. The second-order valence-corrected chi connectivity index (χ2v) is 11.7. The van der Waals surface area contributed by atoms with E-state index in [9.17, 15) is 43.8 Å². The first-order valence-corrected chi connectivity index (χ1v) is 17.8. The topological polar surface area (TPSA) is 267 Å². The summed E-state index contributed by atoms with van der Waals surface area (Å²) in [6.45, 7) is 8.90. The van der Waals surface area contributed by atoms with Gasteiger partial charge in [-0.05, 0) is 6.42 Å². The second-order valence-electron chi connectivity index (χ2n) is 11.7. The molecule has 1 aromatic carbocycles. The normalized spacial score (nSPS) is 15.7. The minimum Gasteiger partial charge on any atom is -0.480 e. The van der Waals surface area contributed by atoms with Crippen LogP contribution in [0, 0.1) is 0 Å². The maximum Gasteiger partial charge on any atom is 0.317 e. The number of unbranched alkanes of at least 4 members (excludes halogenated alkanes) is 2. The van der Waals surface area contributed by atoms with E-state index in [2.05, 4.69) is 28.2 Å². The highest BCUT2D eigenvalue weighted by atomic mass is 16.4. The molecule has 0 bridgehead atoms. The summed E-state index contributed by atoms with van der Waals surface area (Å²) in [5.74, 6) is -3.05. The number of rotatable bonds is 20. The lowest BCUT2D eigenvalue weighted by atomic mass is 10.1. The number of carboxylic acid groups (broad SMARTS) is 2. The molecule has 0 spiro atoms. The number of amides is 2. The van der Waals surface area contributed by atoms with Gasteiger partial charge >= 0.3 is 11.9 Å². The van der Waals surface area contributed by atoms with Crippen molar-refractivity contribution in [2.75, 3.05) is 122 Å². The van der Waals surface area contributed by atoms with Crippen LogP contribution in [-0.4, -0.2) is 183 Å². The maximum absolute atomic E-state index is 13.0. The van der Waals surface area contributed by atoms with Crippen LogP contribution in [0.1, 0.15) is 40.0 Å². The zero-order valence-electron chi connectivity index (χ0n) is 31.2. The number of aliphatic carboxylic acids is 2. The average molecular weight is 744 g/mol. The number of aliphatic hydroxyl groups excluding tert-OH is 1. The summed E-state index contributed by atoms with van der Waals surface area (Å²) in [5.41, 5.74) is 5.03. The molecule has 1 atom stereocenters. The first kappa shape index (κ1) is 48.0. The quantitative estimate of drug-likeness (QED) is 0.0378. The summed E-state index contributed by atoms with van der Waals surface area (Å²) in [7, 11) is 1.00. The van der Waals surface area contributed by atoms with E-state index in [0.717, 1.165) is 32.7 Å². The molecule has 1 heterocycles. The van der Waals surface area contributed by atoms with Crippen molar-refractivity contribution in [2.45, 2.75) is 46.1 Å². The van der Waals surface area contributed by atoms with E-state index in [1.54, 1.807) is 14.7 Å². The van der Waals surface area contributed by atoms with Gasteiger partial charge in [-0.2, -0.15) is 0 Å². The molecule has 0 aromatic heterocycles. The van der Waals surface area contributed by atoms with Gasteiger partial charge in [0, 0.05) is 85.6 Å². The fourth-order valence-electron chi connectivity index (χ4n) is 5.21. The molecule has 1 aliphatic heterocycles. The van der Waals surface area contributed by atoms with Crippen molar-refractivity contribution in [1.29, 1.82) is 0 Å². The molecule has 0 aliphatic carbocycles. The molecule has 1 fully saturated rings. The molecular formula is C33H61N9O10. The lowest BCUT2D eigenvalue weighted by Crippen LogP contribution is -2.54. The van der Waals surface area contributed by atoms with E-state index < -0.39 is 40.7 Å². The van der Waals surface area contributed by atoms with Crippen LogP contribution in [0.25, 0.3) is 0 Å². The first-order chi connectivity index (χ1) is 25.0. The number of nitrogens with zero attached hydrogens (tertiary/aromatic N) is 4. The molecule has 19 nitrogen and oxygen atoms in total. The van der Waals surface area contributed by atoms with Gasteiger partial charge in [-0.25, -0.2) is 0 Å². The van der Waals surface area contributed by atoms with Gasteiger partial charge in [0.2, 0.25) is 11.8 Å². The van der Waals surface area contributed by atoms with E-state index in [0.29, 0.717) is 45.8 Å². The zero-order valence-corrected chi connectivity index (χ0v) is 31.2.